The zero-order valence-corrected chi connectivity index (χ0v) is 12.8. The van der Waals surface area contributed by atoms with Gasteiger partial charge < -0.3 is 10.6 Å². The van der Waals surface area contributed by atoms with Crippen molar-refractivity contribution in [2.75, 3.05) is 11.4 Å². The Morgan fingerprint density at radius 3 is 2.40 bits per heavy atom. The molecule has 0 aliphatic heterocycles. The minimum absolute atomic E-state index is 0.454. The van der Waals surface area contributed by atoms with Gasteiger partial charge in [0.1, 0.15) is 4.99 Å². The second-order valence-electron chi connectivity index (χ2n) is 4.84. The van der Waals surface area contributed by atoms with Crippen molar-refractivity contribution < 1.29 is 0 Å². The summed E-state index contributed by atoms with van der Waals surface area (Å²) >= 11 is 5.19. The zero-order chi connectivity index (χ0) is 14.5. The summed E-state index contributed by atoms with van der Waals surface area (Å²) in [6, 6.07) is 16.6. The van der Waals surface area contributed by atoms with E-state index in [2.05, 4.69) is 49.1 Å². The van der Waals surface area contributed by atoms with Gasteiger partial charge in [0.15, 0.2) is 0 Å². The fraction of sp³-hybridized carbons (Fsp3) is 0.235. The first-order valence-electron chi connectivity index (χ1n) is 6.81. The molecule has 0 bridgehead atoms. The molecule has 0 atom stereocenters. The van der Waals surface area contributed by atoms with Crippen molar-refractivity contribution in [3.05, 3.63) is 65.2 Å². The lowest BCUT2D eigenvalue weighted by Crippen LogP contribution is -2.26. The first kappa shape index (κ1) is 14.5. The quantitative estimate of drug-likeness (QED) is 0.850. The van der Waals surface area contributed by atoms with Crippen molar-refractivity contribution in [3.63, 3.8) is 0 Å². The van der Waals surface area contributed by atoms with Gasteiger partial charge in [-0.3, -0.25) is 0 Å². The van der Waals surface area contributed by atoms with Crippen LogP contribution in [0.25, 0.3) is 0 Å². The number of nitrogens with two attached hydrogens (primary N) is 1. The lowest BCUT2D eigenvalue weighted by atomic mass is 10.1. The summed E-state index contributed by atoms with van der Waals surface area (Å²) in [5.74, 6) is 0. The first-order chi connectivity index (χ1) is 9.63. The molecule has 0 radical (unpaired) electrons. The van der Waals surface area contributed by atoms with Gasteiger partial charge in [-0.15, -0.1) is 0 Å². The van der Waals surface area contributed by atoms with E-state index < -0.39 is 0 Å². The van der Waals surface area contributed by atoms with Crippen LogP contribution in [0.2, 0.25) is 0 Å². The van der Waals surface area contributed by atoms with Gasteiger partial charge in [-0.1, -0.05) is 54.7 Å². The van der Waals surface area contributed by atoms with Crippen LogP contribution >= 0.6 is 12.2 Å². The lowest BCUT2D eigenvalue weighted by molar-refractivity contribution is 0.827. The Labute approximate surface area is 126 Å². The fourth-order valence-corrected chi connectivity index (χ4v) is 2.60. The third kappa shape index (κ3) is 3.17. The highest BCUT2D eigenvalue weighted by Crippen LogP contribution is 2.26. The summed E-state index contributed by atoms with van der Waals surface area (Å²) in [7, 11) is 0. The monoisotopic (exact) mass is 284 g/mol. The van der Waals surface area contributed by atoms with Crippen LogP contribution in [0.4, 0.5) is 5.69 Å². The van der Waals surface area contributed by atoms with E-state index in [1.165, 1.54) is 11.1 Å². The Balaban J connectivity index is 2.39. The fourth-order valence-electron chi connectivity index (χ4n) is 2.43. The van der Waals surface area contributed by atoms with Gasteiger partial charge in [0, 0.05) is 18.7 Å². The standard InChI is InChI=1S/C17H20N2S/c1-3-19(12-14-9-5-4-6-10-14)16-13(2)8-7-11-15(16)17(18)20/h4-11H,3,12H2,1-2H3,(H2,18,20). The molecule has 3 heteroatoms. The lowest BCUT2D eigenvalue weighted by Gasteiger charge is -2.27. The molecule has 0 saturated heterocycles. The van der Waals surface area contributed by atoms with Gasteiger partial charge in [-0.25, -0.2) is 0 Å². The smallest absolute Gasteiger partial charge is 0.106 e. The van der Waals surface area contributed by atoms with Crippen LogP contribution in [0.15, 0.2) is 48.5 Å². The summed E-state index contributed by atoms with van der Waals surface area (Å²) in [6.07, 6.45) is 0. The number of nitrogens with zero attached hydrogens (tertiary/aromatic N) is 1. The molecule has 0 aliphatic rings. The molecular weight excluding hydrogens is 264 g/mol. The SMILES string of the molecule is CCN(Cc1ccccc1)c1c(C)cccc1C(N)=S. The van der Waals surface area contributed by atoms with Crippen LogP contribution in [-0.4, -0.2) is 11.5 Å². The van der Waals surface area contributed by atoms with Crippen LogP contribution in [0, 0.1) is 6.92 Å². The number of hydrogen-bond acceptors (Lipinski definition) is 2. The Hall–Kier alpha value is -1.87. The van der Waals surface area contributed by atoms with Crippen LogP contribution in [-0.2, 0) is 6.54 Å². The number of hydrogen-bond donors (Lipinski definition) is 1. The van der Waals surface area contributed by atoms with Gasteiger partial charge in [0.2, 0.25) is 0 Å². The van der Waals surface area contributed by atoms with Crippen LogP contribution in [0.1, 0.15) is 23.6 Å². The Bertz CT molecular complexity index is 593. The second kappa shape index (κ2) is 6.53. The van der Waals surface area contributed by atoms with Gasteiger partial charge >= 0.3 is 0 Å². The number of aryl methyl sites for hydroxylation is 1. The summed E-state index contributed by atoms with van der Waals surface area (Å²) in [4.78, 5) is 2.77. The van der Waals surface area contributed by atoms with E-state index in [0.717, 1.165) is 24.3 Å². The topological polar surface area (TPSA) is 29.3 Å². The maximum Gasteiger partial charge on any atom is 0.106 e. The molecule has 0 saturated carbocycles. The maximum absolute atomic E-state index is 5.87. The summed E-state index contributed by atoms with van der Waals surface area (Å²) < 4.78 is 0. The summed E-state index contributed by atoms with van der Waals surface area (Å²) in [5, 5.41) is 0. The van der Waals surface area contributed by atoms with Gasteiger partial charge in [-0.05, 0) is 31.0 Å². The van der Waals surface area contributed by atoms with Crippen LogP contribution < -0.4 is 10.6 Å². The first-order valence-corrected chi connectivity index (χ1v) is 7.22. The number of rotatable bonds is 5. The molecule has 2 aromatic carbocycles. The summed E-state index contributed by atoms with van der Waals surface area (Å²) in [5.41, 5.74) is 10.5. The molecule has 0 unspecified atom stereocenters. The van der Waals surface area contributed by atoms with Gasteiger partial charge in [0.05, 0.1) is 5.69 Å². The van der Waals surface area contributed by atoms with Gasteiger partial charge in [0.25, 0.3) is 0 Å². The molecule has 104 valence electrons. The van der Waals surface area contributed by atoms with E-state index in [1.54, 1.807) is 0 Å². The van der Waals surface area contributed by atoms with E-state index in [4.69, 9.17) is 18.0 Å². The number of para-hydroxylation sites is 1. The highest BCUT2D eigenvalue weighted by atomic mass is 32.1. The van der Waals surface area contributed by atoms with E-state index in [9.17, 15) is 0 Å². The number of thiocarbonyl (C=S) groups is 1. The predicted octanol–water partition coefficient (Wildman–Crippen LogP) is 3.66. The summed E-state index contributed by atoms with van der Waals surface area (Å²) in [6.45, 7) is 6.02. The van der Waals surface area contributed by atoms with Crippen molar-refractivity contribution in [2.45, 2.75) is 20.4 Å². The molecule has 2 rings (SSSR count). The minimum Gasteiger partial charge on any atom is -0.389 e. The average molecular weight is 284 g/mol. The molecular formula is C17H20N2S. The molecule has 20 heavy (non-hydrogen) atoms. The van der Waals surface area contributed by atoms with E-state index in [-0.39, 0.29) is 0 Å². The van der Waals surface area contributed by atoms with Crippen molar-refractivity contribution >= 4 is 22.9 Å². The number of benzene rings is 2. The Kier molecular flexibility index (Phi) is 4.74. The molecule has 2 aromatic rings. The Morgan fingerprint density at radius 1 is 1.10 bits per heavy atom. The second-order valence-corrected chi connectivity index (χ2v) is 5.27. The van der Waals surface area contributed by atoms with Crippen LogP contribution in [0.5, 0.6) is 0 Å². The molecule has 2 N–H and O–H groups in total. The molecule has 0 aromatic heterocycles. The van der Waals surface area contributed by atoms with Crippen molar-refractivity contribution in [2.24, 2.45) is 5.73 Å². The molecule has 0 aliphatic carbocycles. The minimum atomic E-state index is 0.454. The normalized spacial score (nSPS) is 10.3. The van der Waals surface area contributed by atoms with E-state index in [1.807, 2.05) is 18.2 Å². The predicted molar refractivity (Wildman–Crippen MR) is 90.2 cm³/mol. The zero-order valence-electron chi connectivity index (χ0n) is 12.0. The molecule has 0 amide bonds. The highest BCUT2D eigenvalue weighted by Gasteiger charge is 2.14. The molecule has 0 fully saturated rings. The van der Waals surface area contributed by atoms with Gasteiger partial charge in [-0.2, -0.15) is 0 Å². The van der Waals surface area contributed by atoms with E-state index >= 15 is 0 Å². The molecule has 2 nitrogen and oxygen atoms in total. The Morgan fingerprint density at radius 2 is 1.80 bits per heavy atom. The third-order valence-electron chi connectivity index (χ3n) is 3.42. The number of anilines is 1. The average Bonchev–Trinajstić information content (AvgIpc) is 2.46. The van der Waals surface area contributed by atoms with Crippen LogP contribution in [0.3, 0.4) is 0 Å². The molecule has 0 heterocycles. The molecule has 0 spiro atoms. The highest BCUT2D eigenvalue weighted by molar-refractivity contribution is 7.80. The van der Waals surface area contributed by atoms with Crippen molar-refractivity contribution in [1.82, 2.24) is 0 Å². The van der Waals surface area contributed by atoms with E-state index in [0.29, 0.717) is 4.99 Å². The van der Waals surface area contributed by atoms with Crippen molar-refractivity contribution in [1.29, 1.82) is 0 Å². The van der Waals surface area contributed by atoms with Crippen molar-refractivity contribution in [3.8, 4) is 0 Å². The third-order valence-corrected chi connectivity index (χ3v) is 3.64. The maximum atomic E-state index is 5.87. The largest absolute Gasteiger partial charge is 0.389 e.